The number of benzene rings is 1. The second kappa shape index (κ2) is 5.15. The van der Waals surface area contributed by atoms with Gasteiger partial charge in [0.1, 0.15) is 0 Å². The van der Waals surface area contributed by atoms with E-state index in [0.29, 0.717) is 0 Å². The molecule has 1 aromatic heterocycles. The largest absolute Gasteiger partial charge is 0.473 e. The number of hydrogen-bond acceptors (Lipinski definition) is 4. The first-order valence-corrected chi connectivity index (χ1v) is 8.14. The molecule has 1 fully saturated rings. The fraction of sp³-hybridized carbons (Fsp3) is 0.375. The van der Waals surface area contributed by atoms with Crippen LogP contribution < -0.4 is 0 Å². The Balaban J connectivity index is 1.66. The smallest absolute Gasteiger partial charge is 0.251 e. The van der Waals surface area contributed by atoms with E-state index in [4.69, 9.17) is 4.74 Å². The average molecular weight is 300 g/mol. The molecule has 1 aromatic carbocycles. The Kier molecular flexibility index (Phi) is 3.15. The number of likely N-dealkylation sites (tertiary alicyclic amines) is 1. The number of amides is 1. The minimum atomic E-state index is -0.430. The summed E-state index contributed by atoms with van der Waals surface area (Å²) < 4.78 is 6.88. The SMILES string of the molecule is O=C([C@H]1N=COC1c1csc2ccccc12)N1CCCC1. The lowest BCUT2D eigenvalue weighted by atomic mass is 10.0. The molecule has 2 atom stereocenters. The summed E-state index contributed by atoms with van der Waals surface area (Å²) in [4.78, 5) is 18.8. The van der Waals surface area contributed by atoms with Gasteiger partial charge in [-0.15, -0.1) is 11.3 Å². The van der Waals surface area contributed by atoms with Gasteiger partial charge in [-0.3, -0.25) is 4.79 Å². The van der Waals surface area contributed by atoms with Crippen molar-refractivity contribution >= 4 is 33.7 Å². The molecule has 0 bridgehead atoms. The number of ether oxygens (including phenoxy) is 1. The first-order valence-electron chi connectivity index (χ1n) is 7.26. The van der Waals surface area contributed by atoms with Crippen molar-refractivity contribution in [2.24, 2.45) is 4.99 Å². The Bertz CT molecular complexity index is 703. The van der Waals surface area contributed by atoms with Crippen molar-refractivity contribution < 1.29 is 9.53 Å². The summed E-state index contributed by atoms with van der Waals surface area (Å²) in [6.07, 6.45) is 3.34. The van der Waals surface area contributed by atoms with E-state index in [1.54, 1.807) is 11.3 Å². The van der Waals surface area contributed by atoms with E-state index in [-0.39, 0.29) is 12.0 Å². The van der Waals surface area contributed by atoms with E-state index < -0.39 is 6.04 Å². The third-order valence-electron chi connectivity index (χ3n) is 4.20. The highest BCUT2D eigenvalue weighted by molar-refractivity contribution is 7.17. The summed E-state index contributed by atoms with van der Waals surface area (Å²) in [5.74, 6) is 0.0986. The molecule has 1 unspecified atom stereocenters. The molecule has 2 aliphatic heterocycles. The van der Waals surface area contributed by atoms with Gasteiger partial charge in [0.15, 0.2) is 18.5 Å². The fourth-order valence-electron chi connectivity index (χ4n) is 3.10. The fourth-order valence-corrected chi connectivity index (χ4v) is 4.08. The van der Waals surface area contributed by atoms with Crippen LogP contribution in [0.5, 0.6) is 0 Å². The van der Waals surface area contributed by atoms with Gasteiger partial charge in [0.2, 0.25) is 0 Å². The van der Waals surface area contributed by atoms with Crippen LogP contribution in [0.25, 0.3) is 10.1 Å². The molecule has 108 valence electrons. The second-order valence-corrected chi connectivity index (χ2v) is 6.39. The van der Waals surface area contributed by atoms with Gasteiger partial charge in [0.05, 0.1) is 0 Å². The molecule has 1 amide bonds. The molecule has 4 rings (SSSR count). The van der Waals surface area contributed by atoms with Gasteiger partial charge in [-0.2, -0.15) is 0 Å². The number of rotatable bonds is 2. The highest BCUT2D eigenvalue weighted by atomic mass is 32.1. The van der Waals surface area contributed by atoms with Gasteiger partial charge in [-0.25, -0.2) is 4.99 Å². The summed E-state index contributed by atoms with van der Waals surface area (Å²) in [7, 11) is 0. The van der Waals surface area contributed by atoms with E-state index in [9.17, 15) is 4.79 Å². The molecule has 21 heavy (non-hydrogen) atoms. The maximum absolute atomic E-state index is 12.6. The molecule has 0 radical (unpaired) electrons. The van der Waals surface area contributed by atoms with Crippen molar-refractivity contribution in [1.29, 1.82) is 0 Å². The van der Waals surface area contributed by atoms with Crippen LogP contribution in [0.1, 0.15) is 24.5 Å². The number of nitrogens with zero attached hydrogens (tertiary/aromatic N) is 2. The molecule has 3 heterocycles. The molecular weight excluding hydrogens is 284 g/mol. The summed E-state index contributed by atoms with van der Waals surface area (Å²) in [5.41, 5.74) is 1.07. The molecule has 2 aliphatic rings. The van der Waals surface area contributed by atoms with Crippen molar-refractivity contribution in [3.05, 3.63) is 35.2 Å². The topological polar surface area (TPSA) is 41.9 Å². The van der Waals surface area contributed by atoms with Crippen LogP contribution in [0.2, 0.25) is 0 Å². The van der Waals surface area contributed by atoms with E-state index in [1.807, 2.05) is 17.0 Å². The first kappa shape index (κ1) is 12.8. The number of carbonyl (C=O) groups is 1. The monoisotopic (exact) mass is 300 g/mol. The highest BCUT2D eigenvalue weighted by Gasteiger charge is 2.38. The van der Waals surface area contributed by atoms with Crippen LogP contribution in [0, 0.1) is 0 Å². The number of carbonyl (C=O) groups excluding carboxylic acids is 1. The number of hydrogen-bond donors (Lipinski definition) is 0. The first-order chi connectivity index (χ1) is 10.3. The van der Waals surface area contributed by atoms with Crippen molar-refractivity contribution in [3.8, 4) is 0 Å². The summed E-state index contributed by atoms with van der Waals surface area (Å²) in [5, 5.41) is 3.26. The quantitative estimate of drug-likeness (QED) is 0.855. The number of fused-ring (bicyclic) bond motifs is 1. The molecule has 0 aliphatic carbocycles. The van der Waals surface area contributed by atoms with E-state index in [1.165, 1.54) is 11.1 Å². The van der Waals surface area contributed by atoms with Gasteiger partial charge in [-0.1, -0.05) is 18.2 Å². The molecule has 2 aromatic rings. The van der Waals surface area contributed by atoms with Gasteiger partial charge >= 0.3 is 0 Å². The average Bonchev–Trinajstić information content (AvgIpc) is 3.25. The molecule has 5 heteroatoms. The normalized spacial score (nSPS) is 24.7. The van der Waals surface area contributed by atoms with Crippen molar-refractivity contribution in [2.75, 3.05) is 13.1 Å². The van der Waals surface area contributed by atoms with Gasteiger partial charge in [0.25, 0.3) is 5.91 Å². The van der Waals surface area contributed by atoms with Crippen molar-refractivity contribution in [1.82, 2.24) is 4.90 Å². The highest BCUT2D eigenvalue weighted by Crippen LogP contribution is 2.36. The lowest BCUT2D eigenvalue weighted by molar-refractivity contribution is -0.133. The maximum atomic E-state index is 12.6. The van der Waals surface area contributed by atoms with E-state index in [0.717, 1.165) is 36.9 Å². The van der Waals surface area contributed by atoms with Crippen LogP contribution in [-0.4, -0.2) is 36.3 Å². The standard InChI is InChI=1S/C16H16N2O2S/c19-16(18-7-3-4-8-18)14-15(20-10-17-14)12-9-21-13-6-2-1-5-11(12)13/h1-2,5-6,9-10,14-15H,3-4,7-8H2/t14-,15?/m0/s1. The molecular formula is C16H16N2O2S. The van der Waals surface area contributed by atoms with E-state index >= 15 is 0 Å². The Hall–Kier alpha value is -1.88. The molecule has 0 saturated carbocycles. The van der Waals surface area contributed by atoms with Crippen LogP contribution in [0.3, 0.4) is 0 Å². The molecule has 1 saturated heterocycles. The minimum absolute atomic E-state index is 0.0986. The van der Waals surface area contributed by atoms with Crippen LogP contribution >= 0.6 is 11.3 Å². The van der Waals surface area contributed by atoms with Crippen LogP contribution in [0.15, 0.2) is 34.6 Å². The summed E-state index contributed by atoms with van der Waals surface area (Å²) in [6, 6.07) is 7.80. The van der Waals surface area contributed by atoms with Gasteiger partial charge in [0, 0.05) is 23.4 Å². The lowest BCUT2D eigenvalue weighted by Gasteiger charge is -2.22. The Morgan fingerprint density at radius 3 is 2.95 bits per heavy atom. The van der Waals surface area contributed by atoms with Crippen LogP contribution in [0.4, 0.5) is 0 Å². The second-order valence-electron chi connectivity index (χ2n) is 5.48. The molecule has 0 N–H and O–H groups in total. The summed E-state index contributed by atoms with van der Waals surface area (Å²) >= 11 is 1.69. The van der Waals surface area contributed by atoms with Crippen molar-refractivity contribution in [3.63, 3.8) is 0 Å². The summed E-state index contributed by atoms with van der Waals surface area (Å²) in [6.45, 7) is 1.70. The predicted molar refractivity (Wildman–Crippen MR) is 83.7 cm³/mol. The van der Waals surface area contributed by atoms with E-state index in [2.05, 4.69) is 22.5 Å². The van der Waals surface area contributed by atoms with Crippen molar-refractivity contribution in [2.45, 2.75) is 25.0 Å². The Morgan fingerprint density at radius 2 is 2.10 bits per heavy atom. The number of aliphatic imine (C=N–C) groups is 1. The zero-order chi connectivity index (χ0) is 14.2. The van der Waals surface area contributed by atoms with Gasteiger partial charge in [-0.05, 0) is 29.7 Å². The predicted octanol–water partition coefficient (Wildman–Crippen LogP) is 2.99. The Morgan fingerprint density at radius 1 is 1.29 bits per heavy atom. The molecule has 4 nitrogen and oxygen atoms in total. The molecule has 0 spiro atoms. The lowest BCUT2D eigenvalue weighted by Crippen LogP contribution is -2.38. The minimum Gasteiger partial charge on any atom is -0.473 e. The Labute approximate surface area is 127 Å². The number of thiophene rings is 1. The third kappa shape index (κ3) is 2.12. The zero-order valence-electron chi connectivity index (χ0n) is 11.6. The maximum Gasteiger partial charge on any atom is 0.251 e. The van der Waals surface area contributed by atoms with Crippen LogP contribution in [-0.2, 0) is 9.53 Å². The van der Waals surface area contributed by atoms with Gasteiger partial charge < -0.3 is 9.64 Å². The zero-order valence-corrected chi connectivity index (χ0v) is 12.4. The third-order valence-corrected chi connectivity index (χ3v) is 5.19.